The molecule has 1 aliphatic heterocycles. The van der Waals surface area contributed by atoms with Gasteiger partial charge in [-0.25, -0.2) is 0 Å². The Morgan fingerprint density at radius 3 is 2.57 bits per heavy atom. The number of nitro groups is 1. The van der Waals surface area contributed by atoms with Gasteiger partial charge >= 0.3 is 0 Å². The Labute approximate surface area is 150 Å². The van der Waals surface area contributed by atoms with Crippen LogP contribution >= 0.6 is 46.3 Å². The highest BCUT2D eigenvalue weighted by Crippen LogP contribution is 2.41. The monoisotopic (exact) mass is 388 g/mol. The summed E-state index contributed by atoms with van der Waals surface area (Å²) in [4.78, 5) is 24.7. The van der Waals surface area contributed by atoms with Gasteiger partial charge in [0.2, 0.25) is 0 Å². The molecule has 1 saturated heterocycles. The molecule has 1 aliphatic rings. The molecule has 0 spiro atoms. The van der Waals surface area contributed by atoms with E-state index in [0.717, 1.165) is 22.7 Å². The van der Waals surface area contributed by atoms with Crippen molar-refractivity contribution in [3.05, 3.63) is 60.2 Å². The number of hydrogen-bond acceptors (Lipinski definition) is 5. The first-order chi connectivity index (χ1) is 11.0. The maximum Gasteiger partial charge on any atom is 0.269 e. The molecule has 1 aromatic carbocycles. The average Bonchev–Trinajstić information content (AvgIpc) is 3.13. The second kappa shape index (κ2) is 6.68. The lowest BCUT2D eigenvalue weighted by Crippen LogP contribution is -2.30. The Hall–Kier alpha value is -1.28. The van der Waals surface area contributed by atoms with Crippen molar-refractivity contribution in [3.8, 4) is 0 Å². The highest BCUT2D eigenvalue weighted by molar-refractivity contribution is 7.99. The van der Waals surface area contributed by atoms with Crippen LogP contribution in [0.3, 0.4) is 0 Å². The molecule has 2 aromatic rings. The van der Waals surface area contributed by atoms with E-state index in [1.54, 1.807) is 34.9 Å². The summed E-state index contributed by atoms with van der Waals surface area (Å²) in [5, 5.41) is 10.6. The van der Waals surface area contributed by atoms with E-state index in [0.29, 0.717) is 20.8 Å². The fourth-order valence-electron chi connectivity index (χ4n) is 2.36. The number of non-ortho nitro benzene ring substituents is 1. The number of amides is 1. The molecule has 9 heteroatoms. The summed E-state index contributed by atoms with van der Waals surface area (Å²) in [6.45, 7) is 0.592. The summed E-state index contributed by atoms with van der Waals surface area (Å²) in [5.41, 5.74) is 1.28. The van der Waals surface area contributed by atoms with E-state index < -0.39 is 4.92 Å². The SMILES string of the molecule is O=C(c1cc(Cl)sc1Cl)N1CCSC1c1ccc([N+](=O)[O-])cc1. The van der Waals surface area contributed by atoms with E-state index in [1.807, 2.05) is 0 Å². The molecule has 5 nitrogen and oxygen atoms in total. The van der Waals surface area contributed by atoms with Crippen LogP contribution in [0.25, 0.3) is 0 Å². The molecule has 2 heterocycles. The normalized spacial score (nSPS) is 17.5. The topological polar surface area (TPSA) is 63.5 Å². The number of nitrogens with zero attached hydrogens (tertiary/aromatic N) is 2. The number of carbonyl (C=O) groups excluding carboxylic acids is 1. The van der Waals surface area contributed by atoms with Gasteiger partial charge in [0.05, 0.1) is 14.8 Å². The van der Waals surface area contributed by atoms with E-state index in [-0.39, 0.29) is 17.0 Å². The second-order valence-electron chi connectivity index (χ2n) is 4.81. The van der Waals surface area contributed by atoms with Gasteiger partial charge in [-0.1, -0.05) is 23.2 Å². The third-order valence-corrected chi connectivity index (χ3v) is 6.18. The number of halogens is 2. The molecule has 0 bridgehead atoms. The summed E-state index contributed by atoms with van der Waals surface area (Å²) in [5.74, 6) is 0.620. The Balaban J connectivity index is 1.86. The zero-order chi connectivity index (χ0) is 16.6. The number of thioether (sulfide) groups is 1. The van der Waals surface area contributed by atoms with Crippen molar-refractivity contribution >= 4 is 57.9 Å². The van der Waals surface area contributed by atoms with E-state index in [9.17, 15) is 14.9 Å². The molecule has 0 saturated carbocycles. The van der Waals surface area contributed by atoms with Gasteiger partial charge in [-0.2, -0.15) is 0 Å². The molecule has 120 valence electrons. The maximum atomic E-state index is 12.7. The molecule has 1 amide bonds. The number of carbonyl (C=O) groups is 1. The first kappa shape index (κ1) is 16.6. The average molecular weight is 389 g/mol. The van der Waals surface area contributed by atoms with E-state index in [4.69, 9.17) is 23.2 Å². The predicted molar refractivity (Wildman–Crippen MR) is 93.7 cm³/mol. The fourth-order valence-corrected chi connectivity index (χ4v) is 5.06. The molecule has 0 N–H and O–H groups in total. The zero-order valence-corrected chi connectivity index (χ0v) is 14.7. The van der Waals surface area contributed by atoms with Gasteiger partial charge in [0, 0.05) is 24.4 Å². The quantitative estimate of drug-likeness (QED) is 0.556. The van der Waals surface area contributed by atoms with Gasteiger partial charge < -0.3 is 4.90 Å². The summed E-state index contributed by atoms with van der Waals surface area (Å²) < 4.78 is 0.844. The van der Waals surface area contributed by atoms with E-state index in [2.05, 4.69) is 0 Å². The Kier molecular flexibility index (Phi) is 4.82. The van der Waals surface area contributed by atoms with Crippen LogP contribution < -0.4 is 0 Å². The van der Waals surface area contributed by atoms with Gasteiger partial charge in [-0.15, -0.1) is 23.1 Å². The number of benzene rings is 1. The number of thiophene rings is 1. The molecular formula is C14H10Cl2N2O3S2. The number of rotatable bonds is 3. The lowest BCUT2D eigenvalue weighted by molar-refractivity contribution is -0.384. The lowest BCUT2D eigenvalue weighted by atomic mass is 10.1. The second-order valence-corrected chi connectivity index (χ2v) is 8.28. The zero-order valence-electron chi connectivity index (χ0n) is 11.6. The molecule has 0 aliphatic carbocycles. The smallest absolute Gasteiger partial charge is 0.269 e. The Bertz CT molecular complexity index is 764. The van der Waals surface area contributed by atoms with Crippen LogP contribution in [0.4, 0.5) is 5.69 Å². The van der Waals surface area contributed by atoms with Crippen LogP contribution in [-0.2, 0) is 0 Å². The van der Waals surface area contributed by atoms with Gasteiger partial charge in [0.1, 0.15) is 9.71 Å². The molecule has 1 fully saturated rings. The lowest BCUT2D eigenvalue weighted by Gasteiger charge is -2.23. The van der Waals surface area contributed by atoms with Crippen LogP contribution in [0.2, 0.25) is 8.67 Å². The first-order valence-corrected chi connectivity index (χ1v) is 9.21. The minimum absolute atomic E-state index is 0.0299. The molecule has 23 heavy (non-hydrogen) atoms. The van der Waals surface area contributed by atoms with Gasteiger partial charge in [0.15, 0.2) is 0 Å². The third-order valence-electron chi connectivity index (χ3n) is 3.43. The van der Waals surface area contributed by atoms with Crippen molar-refractivity contribution in [1.82, 2.24) is 4.90 Å². The standard InChI is InChI=1S/C14H10Cl2N2O3S2/c15-11-7-10(12(16)23-11)13(19)17-5-6-22-14(17)8-1-3-9(4-2-8)18(20)21/h1-4,7,14H,5-6H2. The van der Waals surface area contributed by atoms with Crippen molar-refractivity contribution in [3.63, 3.8) is 0 Å². The van der Waals surface area contributed by atoms with Crippen LogP contribution in [0, 0.1) is 10.1 Å². The minimum atomic E-state index is -0.443. The third kappa shape index (κ3) is 3.33. The van der Waals surface area contributed by atoms with Crippen molar-refractivity contribution in [2.75, 3.05) is 12.3 Å². The fraction of sp³-hybridized carbons (Fsp3) is 0.214. The predicted octanol–water partition coefficient (Wildman–Crippen LogP) is 4.85. The largest absolute Gasteiger partial charge is 0.322 e. The summed E-state index contributed by atoms with van der Waals surface area (Å²) in [6.07, 6.45) is 0. The summed E-state index contributed by atoms with van der Waals surface area (Å²) >= 11 is 14.8. The van der Waals surface area contributed by atoms with E-state index >= 15 is 0 Å². The highest BCUT2D eigenvalue weighted by atomic mass is 35.5. The minimum Gasteiger partial charge on any atom is -0.322 e. The van der Waals surface area contributed by atoms with Crippen molar-refractivity contribution in [1.29, 1.82) is 0 Å². The molecule has 1 unspecified atom stereocenters. The molecule has 1 aromatic heterocycles. The van der Waals surface area contributed by atoms with Crippen molar-refractivity contribution in [2.45, 2.75) is 5.37 Å². The van der Waals surface area contributed by atoms with Crippen LogP contribution in [0.5, 0.6) is 0 Å². The summed E-state index contributed by atoms with van der Waals surface area (Å²) in [7, 11) is 0. The van der Waals surface area contributed by atoms with E-state index in [1.165, 1.54) is 12.1 Å². The number of nitro benzene ring substituents is 1. The van der Waals surface area contributed by atoms with Crippen LogP contribution in [0.15, 0.2) is 30.3 Å². The first-order valence-electron chi connectivity index (χ1n) is 6.59. The van der Waals surface area contributed by atoms with Crippen LogP contribution in [0.1, 0.15) is 21.3 Å². The Morgan fingerprint density at radius 1 is 1.30 bits per heavy atom. The van der Waals surface area contributed by atoms with Gasteiger partial charge in [-0.3, -0.25) is 14.9 Å². The molecule has 3 rings (SSSR count). The van der Waals surface area contributed by atoms with Gasteiger partial charge in [0.25, 0.3) is 11.6 Å². The maximum absolute atomic E-state index is 12.7. The van der Waals surface area contributed by atoms with Gasteiger partial charge in [-0.05, 0) is 23.8 Å². The van der Waals surface area contributed by atoms with Crippen molar-refractivity contribution in [2.24, 2.45) is 0 Å². The highest BCUT2D eigenvalue weighted by Gasteiger charge is 2.33. The van der Waals surface area contributed by atoms with Crippen LogP contribution in [-0.4, -0.2) is 28.0 Å². The van der Waals surface area contributed by atoms with Crippen molar-refractivity contribution < 1.29 is 9.72 Å². The molecule has 0 radical (unpaired) electrons. The molecule has 1 atom stereocenters. The number of hydrogen-bond donors (Lipinski definition) is 0. The molecular weight excluding hydrogens is 379 g/mol. The Morgan fingerprint density at radius 2 is 2.00 bits per heavy atom. The summed E-state index contributed by atoms with van der Waals surface area (Å²) in [6, 6.07) is 7.84.